The lowest BCUT2D eigenvalue weighted by Gasteiger charge is -2.42. The van der Waals surface area contributed by atoms with E-state index < -0.39 is 47.5 Å². The molecule has 1 aliphatic rings. The minimum atomic E-state index is -1.86. The molecule has 9 nitrogen and oxygen atoms in total. The lowest BCUT2D eigenvalue weighted by Crippen LogP contribution is -2.53. The average Bonchev–Trinajstić information content (AvgIpc) is 3.16. The summed E-state index contributed by atoms with van der Waals surface area (Å²) in [6, 6.07) is 38.3. The average molecular weight is 715 g/mol. The minimum absolute atomic E-state index is 0.0784. The van der Waals surface area contributed by atoms with Crippen molar-refractivity contribution in [1.29, 1.82) is 0 Å². The van der Waals surface area contributed by atoms with Crippen molar-refractivity contribution < 1.29 is 42.2 Å². The molecule has 1 heterocycles. The van der Waals surface area contributed by atoms with Gasteiger partial charge in [-0.05, 0) is 42.7 Å². The Kier molecular flexibility index (Phi) is 15.0. The van der Waals surface area contributed by atoms with E-state index in [0.29, 0.717) is 11.5 Å². The maximum absolute atomic E-state index is 14.9. The fourth-order valence-corrected chi connectivity index (χ4v) is 7.12. The predicted molar refractivity (Wildman–Crippen MR) is 193 cm³/mol. The van der Waals surface area contributed by atoms with Crippen LogP contribution in [0.1, 0.15) is 37.5 Å². The maximum atomic E-state index is 14.9. The van der Waals surface area contributed by atoms with E-state index in [1.54, 1.807) is 12.1 Å². The Bertz CT molecular complexity index is 1660. The van der Waals surface area contributed by atoms with Gasteiger partial charge in [0, 0.05) is 25.0 Å². The standard InChI is InChI=1S/C41H46O9S/c1-4-45-41(46-5-2)39(49-30(3)42)38-40(51(43)34-24-16-9-17-25-34)37(48-28-33-22-14-8-15-23-33)36(47-27-32-20-12-7-13-21-32)35(50-38)29-44-26-31-18-10-6-11-19-31/h6-25,35-37,39,41H,4-5,26-29H2,1-3H3/t35-,36+,37+,39-,51?/m1/s1. The highest BCUT2D eigenvalue weighted by Gasteiger charge is 2.49. The number of esters is 1. The van der Waals surface area contributed by atoms with Gasteiger partial charge in [0.25, 0.3) is 0 Å². The Hall–Kier alpha value is -4.16. The highest BCUT2D eigenvalue weighted by molar-refractivity contribution is 7.89. The predicted octanol–water partition coefficient (Wildman–Crippen LogP) is 7.12. The maximum Gasteiger partial charge on any atom is 0.303 e. The molecule has 0 saturated carbocycles. The van der Waals surface area contributed by atoms with Crippen molar-refractivity contribution in [1.82, 2.24) is 0 Å². The second-order valence-electron chi connectivity index (χ2n) is 11.8. The molecule has 4 aromatic carbocycles. The molecule has 0 N–H and O–H groups in total. The summed E-state index contributed by atoms with van der Waals surface area (Å²) >= 11 is 0. The van der Waals surface area contributed by atoms with E-state index in [4.69, 9.17) is 33.2 Å². The molecule has 0 spiro atoms. The second-order valence-corrected chi connectivity index (χ2v) is 13.2. The van der Waals surface area contributed by atoms with Gasteiger partial charge in [0.05, 0.1) is 42.1 Å². The zero-order valence-corrected chi connectivity index (χ0v) is 30.1. The molecule has 0 saturated heterocycles. The van der Waals surface area contributed by atoms with Gasteiger partial charge in [0.15, 0.2) is 11.9 Å². The van der Waals surface area contributed by atoms with Crippen molar-refractivity contribution in [2.45, 2.75) is 76.2 Å². The van der Waals surface area contributed by atoms with Crippen LogP contribution in [0.4, 0.5) is 0 Å². The third-order valence-electron chi connectivity index (χ3n) is 8.01. The highest BCUT2D eigenvalue weighted by Crippen LogP contribution is 2.38. The Balaban J connectivity index is 1.65. The summed E-state index contributed by atoms with van der Waals surface area (Å²) in [7, 11) is -1.86. The van der Waals surface area contributed by atoms with Gasteiger partial charge in [0.2, 0.25) is 12.4 Å². The van der Waals surface area contributed by atoms with Gasteiger partial charge < -0.3 is 33.2 Å². The van der Waals surface area contributed by atoms with Crippen LogP contribution in [0.25, 0.3) is 0 Å². The molecule has 51 heavy (non-hydrogen) atoms. The number of carbonyl (C=O) groups is 1. The molecule has 1 unspecified atom stereocenters. The summed E-state index contributed by atoms with van der Waals surface area (Å²) in [5.74, 6) is -0.475. The van der Waals surface area contributed by atoms with E-state index in [-0.39, 0.29) is 43.7 Å². The molecule has 10 heteroatoms. The Morgan fingerprint density at radius 1 is 0.706 bits per heavy atom. The number of carbonyl (C=O) groups excluding carboxylic acids is 1. The van der Waals surface area contributed by atoms with Gasteiger partial charge in [-0.25, -0.2) is 4.21 Å². The van der Waals surface area contributed by atoms with Crippen LogP contribution in [0.2, 0.25) is 0 Å². The molecule has 0 bridgehead atoms. The van der Waals surface area contributed by atoms with Gasteiger partial charge >= 0.3 is 5.97 Å². The fraction of sp³-hybridized carbons (Fsp3) is 0.341. The van der Waals surface area contributed by atoms with E-state index in [1.807, 2.05) is 123 Å². The van der Waals surface area contributed by atoms with E-state index >= 15 is 0 Å². The number of rotatable bonds is 19. The minimum Gasteiger partial charge on any atom is -0.484 e. The summed E-state index contributed by atoms with van der Waals surface area (Å²) in [6.07, 6.45) is -4.81. The van der Waals surface area contributed by atoms with Gasteiger partial charge in [-0.15, -0.1) is 0 Å². The van der Waals surface area contributed by atoms with Crippen LogP contribution in [0.15, 0.2) is 137 Å². The van der Waals surface area contributed by atoms with Crippen LogP contribution < -0.4 is 0 Å². The van der Waals surface area contributed by atoms with Crippen LogP contribution >= 0.6 is 0 Å². The van der Waals surface area contributed by atoms with Crippen molar-refractivity contribution in [3.05, 3.63) is 149 Å². The number of hydrogen-bond acceptors (Lipinski definition) is 9. The molecule has 270 valence electrons. The van der Waals surface area contributed by atoms with Gasteiger partial charge in [-0.3, -0.25) is 4.79 Å². The molecule has 5 atom stereocenters. The topological polar surface area (TPSA) is 98.8 Å². The first-order valence-corrected chi connectivity index (χ1v) is 18.3. The van der Waals surface area contributed by atoms with E-state index in [9.17, 15) is 9.00 Å². The Morgan fingerprint density at radius 2 is 1.20 bits per heavy atom. The number of hydrogen-bond donors (Lipinski definition) is 0. The van der Waals surface area contributed by atoms with Crippen molar-refractivity contribution >= 4 is 16.8 Å². The molecule has 4 aromatic rings. The number of ether oxygens (including phenoxy) is 7. The van der Waals surface area contributed by atoms with Crippen LogP contribution in [-0.4, -0.2) is 60.7 Å². The summed E-state index contributed by atoms with van der Waals surface area (Å²) in [6.45, 7) is 6.24. The molecule has 0 fully saturated rings. The van der Waals surface area contributed by atoms with Crippen LogP contribution in [0.3, 0.4) is 0 Å². The van der Waals surface area contributed by atoms with E-state index in [1.165, 1.54) is 6.92 Å². The van der Waals surface area contributed by atoms with E-state index in [2.05, 4.69) is 0 Å². The second kappa shape index (κ2) is 20.0. The normalized spacial score (nSPS) is 18.6. The zero-order chi connectivity index (χ0) is 35.8. The summed E-state index contributed by atoms with van der Waals surface area (Å²) < 4.78 is 59.3. The molecule has 0 aliphatic carbocycles. The van der Waals surface area contributed by atoms with Crippen molar-refractivity contribution in [2.24, 2.45) is 0 Å². The largest absolute Gasteiger partial charge is 0.484 e. The first kappa shape index (κ1) is 38.1. The molecule has 0 amide bonds. The first-order valence-electron chi connectivity index (χ1n) is 17.2. The van der Waals surface area contributed by atoms with Crippen molar-refractivity contribution in [3.8, 4) is 0 Å². The monoisotopic (exact) mass is 714 g/mol. The number of benzene rings is 4. The molecule has 1 aliphatic heterocycles. The van der Waals surface area contributed by atoms with Crippen LogP contribution in [0.5, 0.6) is 0 Å². The van der Waals surface area contributed by atoms with Gasteiger partial charge in [0.1, 0.15) is 12.2 Å². The molecular formula is C41H46O9S. The lowest BCUT2D eigenvalue weighted by atomic mass is 10.0. The summed E-state index contributed by atoms with van der Waals surface area (Å²) in [5, 5.41) is 0. The Morgan fingerprint density at radius 3 is 1.71 bits per heavy atom. The molecule has 5 rings (SSSR count). The quantitative estimate of drug-likeness (QED) is 0.0743. The Labute approximate surface area is 302 Å². The summed E-state index contributed by atoms with van der Waals surface area (Å²) in [4.78, 5) is 13.5. The molecule has 0 aromatic heterocycles. The molecular weight excluding hydrogens is 669 g/mol. The highest BCUT2D eigenvalue weighted by atomic mass is 32.2. The van der Waals surface area contributed by atoms with E-state index in [0.717, 1.165) is 16.7 Å². The zero-order valence-electron chi connectivity index (χ0n) is 29.3. The van der Waals surface area contributed by atoms with Crippen LogP contribution in [-0.2, 0) is 68.6 Å². The first-order chi connectivity index (χ1) is 25.0. The smallest absolute Gasteiger partial charge is 0.303 e. The third-order valence-corrected chi connectivity index (χ3v) is 9.55. The summed E-state index contributed by atoms with van der Waals surface area (Å²) in [5.41, 5.74) is 2.83. The van der Waals surface area contributed by atoms with Crippen LogP contribution in [0, 0.1) is 0 Å². The van der Waals surface area contributed by atoms with Gasteiger partial charge in [-0.2, -0.15) is 0 Å². The SMILES string of the molecule is CCOC(OCC)[C@H](OC(C)=O)C1=C(S(=O)c2ccccc2)[C@@H](OCc2ccccc2)[C@@H](OCc2ccccc2)[C@@H](COCc2ccccc2)O1. The lowest BCUT2D eigenvalue weighted by molar-refractivity contribution is -0.217. The van der Waals surface area contributed by atoms with Gasteiger partial charge in [-0.1, -0.05) is 109 Å². The fourth-order valence-electron chi connectivity index (χ4n) is 5.70. The molecule has 0 radical (unpaired) electrons. The van der Waals surface area contributed by atoms with Crippen molar-refractivity contribution in [3.63, 3.8) is 0 Å². The van der Waals surface area contributed by atoms with Crippen molar-refractivity contribution in [2.75, 3.05) is 19.8 Å². The third kappa shape index (κ3) is 10.9.